The van der Waals surface area contributed by atoms with Gasteiger partial charge in [-0.05, 0) is 44.2 Å². The van der Waals surface area contributed by atoms with Crippen LogP contribution in [0.3, 0.4) is 0 Å². The van der Waals surface area contributed by atoms with Gasteiger partial charge < -0.3 is 9.15 Å². The zero-order chi connectivity index (χ0) is 14.5. The molecule has 20 heavy (non-hydrogen) atoms. The number of rotatable bonds is 4. The Hall–Kier alpha value is -2.56. The topological polar surface area (TPSA) is 63.8 Å². The molecule has 0 unspecified atom stereocenters. The van der Waals surface area contributed by atoms with Crippen molar-refractivity contribution in [1.82, 2.24) is 5.43 Å². The van der Waals surface area contributed by atoms with E-state index in [0.29, 0.717) is 22.8 Å². The number of hydrogen-bond donors (Lipinski definition) is 1. The van der Waals surface area contributed by atoms with E-state index in [1.165, 1.54) is 0 Å². The molecule has 1 aromatic carbocycles. The first-order chi connectivity index (χ1) is 9.60. The van der Waals surface area contributed by atoms with Crippen LogP contribution in [0.1, 0.15) is 28.8 Å². The van der Waals surface area contributed by atoms with Gasteiger partial charge in [0, 0.05) is 5.56 Å². The molecule has 0 bridgehead atoms. The van der Waals surface area contributed by atoms with Crippen molar-refractivity contribution in [3.8, 4) is 5.75 Å². The number of carbonyl (C=O) groups excluding carboxylic acids is 1. The zero-order valence-electron chi connectivity index (χ0n) is 11.6. The Morgan fingerprint density at radius 2 is 2.10 bits per heavy atom. The van der Waals surface area contributed by atoms with Gasteiger partial charge in [-0.25, -0.2) is 5.43 Å². The molecule has 1 amide bonds. The van der Waals surface area contributed by atoms with Crippen LogP contribution in [-0.4, -0.2) is 18.7 Å². The molecule has 0 fully saturated rings. The summed E-state index contributed by atoms with van der Waals surface area (Å²) in [6.07, 6.45) is 0. The molecular weight excluding hydrogens is 256 g/mol. The lowest BCUT2D eigenvalue weighted by atomic mass is 10.2. The van der Waals surface area contributed by atoms with Gasteiger partial charge in [0.25, 0.3) is 5.91 Å². The molecule has 0 atom stereocenters. The number of hydrazone groups is 1. The van der Waals surface area contributed by atoms with Crippen molar-refractivity contribution in [2.24, 2.45) is 5.10 Å². The second-order valence-corrected chi connectivity index (χ2v) is 4.28. The summed E-state index contributed by atoms with van der Waals surface area (Å²) >= 11 is 0. The minimum absolute atomic E-state index is 0.300. The Morgan fingerprint density at radius 3 is 2.75 bits per heavy atom. The lowest BCUT2D eigenvalue weighted by Crippen LogP contribution is -2.19. The summed E-state index contributed by atoms with van der Waals surface area (Å²) in [6.45, 7) is 3.62. The molecule has 5 nitrogen and oxygen atoms in total. The number of nitrogens with zero attached hydrogens (tertiary/aromatic N) is 1. The van der Waals surface area contributed by atoms with Crippen molar-refractivity contribution in [3.05, 3.63) is 53.5 Å². The third kappa shape index (κ3) is 3.26. The lowest BCUT2D eigenvalue weighted by molar-refractivity contribution is 0.0954. The molecule has 0 aliphatic heterocycles. The molecule has 0 aliphatic carbocycles. The second-order valence-electron chi connectivity index (χ2n) is 4.28. The summed E-state index contributed by atoms with van der Waals surface area (Å²) in [4.78, 5) is 11.9. The standard InChI is InChI=1S/C15H16N2O3/c1-10-7-8-14(20-10)11(2)16-17-15(18)12-5-4-6-13(9-12)19-3/h4-9H,1-3H3,(H,17,18). The van der Waals surface area contributed by atoms with E-state index in [9.17, 15) is 4.79 Å². The van der Waals surface area contributed by atoms with E-state index in [1.807, 2.05) is 19.1 Å². The first-order valence-electron chi connectivity index (χ1n) is 6.15. The quantitative estimate of drug-likeness (QED) is 0.687. The van der Waals surface area contributed by atoms with Gasteiger partial charge in [0.05, 0.1) is 7.11 Å². The molecule has 104 valence electrons. The van der Waals surface area contributed by atoms with E-state index < -0.39 is 0 Å². The highest BCUT2D eigenvalue weighted by Gasteiger charge is 2.07. The molecule has 0 radical (unpaired) electrons. The van der Waals surface area contributed by atoms with Crippen LogP contribution in [0, 0.1) is 6.92 Å². The summed E-state index contributed by atoms with van der Waals surface area (Å²) in [7, 11) is 1.55. The number of carbonyl (C=O) groups is 1. The van der Waals surface area contributed by atoms with Gasteiger partial charge in [0.1, 0.15) is 23.0 Å². The van der Waals surface area contributed by atoms with Crippen LogP contribution in [0.15, 0.2) is 45.9 Å². The van der Waals surface area contributed by atoms with Crippen LogP contribution < -0.4 is 10.2 Å². The minimum atomic E-state index is -0.300. The Bertz CT molecular complexity index is 644. The fourth-order valence-electron chi connectivity index (χ4n) is 1.65. The van der Waals surface area contributed by atoms with Gasteiger partial charge >= 0.3 is 0 Å². The summed E-state index contributed by atoms with van der Waals surface area (Å²) in [5.41, 5.74) is 3.58. The van der Waals surface area contributed by atoms with E-state index in [2.05, 4.69) is 10.5 Å². The molecule has 1 aromatic heterocycles. The van der Waals surface area contributed by atoms with E-state index in [-0.39, 0.29) is 5.91 Å². The number of methoxy groups -OCH3 is 1. The maximum absolute atomic E-state index is 11.9. The van der Waals surface area contributed by atoms with Crippen LogP contribution in [-0.2, 0) is 0 Å². The maximum Gasteiger partial charge on any atom is 0.271 e. The average molecular weight is 272 g/mol. The number of benzene rings is 1. The van der Waals surface area contributed by atoms with E-state index >= 15 is 0 Å². The summed E-state index contributed by atoms with van der Waals surface area (Å²) in [6, 6.07) is 10.5. The second kappa shape index (κ2) is 6.06. The van der Waals surface area contributed by atoms with Crippen LogP contribution >= 0.6 is 0 Å². The Labute approximate surface area is 117 Å². The molecule has 0 aliphatic rings. The van der Waals surface area contributed by atoms with Gasteiger partial charge in [-0.1, -0.05) is 6.07 Å². The molecule has 2 aromatic rings. The first-order valence-corrected chi connectivity index (χ1v) is 6.15. The van der Waals surface area contributed by atoms with Gasteiger partial charge in [-0.3, -0.25) is 4.79 Å². The minimum Gasteiger partial charge on any atom is -0.497 e. The van der Waals surface area contributed by atoms with Crippen LogP contribution in [0.5, 0.6) is 5.75 Å². The Morgan fingerprint density at radius 1 is 1.30 bits per heavy atom. The predicted octanol–water partition coefficient (Wildman–Crippen LogP) is 2.75. The summed E-state index contributed by atoms with van der Waals surface area (Å²) < 4.78 is 10.5. The third-order valence-corrected chi connectivity index (χ3v) is 2.75. The lowest BCUT2D eigenvalue weighted by Gasteiger charge is -2.03. The average Bonchev–Trinajstić information content (AvgIpc) is 2.91. The third-order valence-electron chi connectivity index (χ3n) is 2.75. The van der Waals surface area contributed by atoms with Gasteiger partial charge in [0.15, 0.2) is 0 Å². The highest BCUT2D eigenvalue weighted by atomic mass is 16.5. The van der Waals surface area contributed by atoms with Gasteiger partial charge in [-0.15, -0.1) is 0 Å². The molecule has 1 N–H and O–H groups in total. The van der Waals surface area contributed by atoms with Crippen molar-refractivity contribution >= 4 is 11.6 Å². The summed E-state index contributed by atoms with van der Waals surface area (Å²) in [5, 5.41) is 4.02. The number of aryl methyl sites for hydroxylation is 1. The zero-order valence-corrected chi connectivity index (χ0v) is 11.6. The molecule has 1 heterocycles. The predicted molar refractivity (Wildman–Crippen MR) is 76.1 cm³/mol. The molecule has 0 spiro atoms. The fraction of sp³-hybridized carbons (Fsp3) is 0.200. The van der Waals surface area contributed by atoms with Crippen molar-refractivity contribution in [3.63, 3.8) is 0 Å². The smallest absolute Gasteiger partial charge is 0.271 e. The van der Waals surface area contributed by atoms with Crippen molar-refractivity contribution in [2.75, 3.05) is 7.11 Å². The number of furan rings is 1. The van der Waals surface area contributed by atoms with Crippen LogP contribution in [0.2, 0.25) is 0 Å². The maximum atomic E-state index is 11.9. The largest absolute Gasteiger partial charge is 0.497 e. The molecule has 0 saturated heterocycles. The number of amides is 1. The highest BCUT2D eigenvalue weighted by Crippen LogP contribution is 2.12. The van der Waals surface area contributed by atoms with Gasteiger partial charge in [0.2, 0.25) is 0 Å². The van der Waals surface area contributed by atoms with Crippen molar-refractivity contribution in [2.45, 2.75) is 13.8 Å². The highest BCUT2D eigenvalue weighted by molar-refractivity contribution is 5.99. The van der Waals surface area contributed by atoms with Gasteiger partial charge in [-0.2, -0.15) is 5.10 Å². The molecular formula is C15H16N2O3. The SMILES string of the molecule is COc1cccc(C(=O)NN=C(C)c2ccc(C)o2)c1. The van der Waals surface area contributed by atoms with Crippen LogP contribution in [0.4, 0.5) is 0 Å². The van der Waals surface area contributed by atoms with E-state index in [4.69, 9.17) is 9.15 Å². The van der Waals surface area contributed by atoms with Crippen molar-refractivity contribution in [1.29, 1.82) is 0 Å². The fourth-order valence-corrected chi connectivity index (χ4v) is 1.65. The van der Waals surface area contributed by atoms with Crippen molar-refractivity contribution < 1.29 is 13.9 Å². The number of nitrogens with one attached hydrogen (secondary N) is 1. The van der Waals surface area contributed by atoms with Crippen LogP contribution in [0.25, 0.3) is 0 Å². The molecule has 0 saturated carbocycles. The Balaban J connectivity index is 2.07. The summed E-state index contributed by atoms with van der Waals surface area (Å²) in [5.74, 6) is 1.76. The monoisotopic (exact) mass is 272 g/mol. The Kier molecular flexibility index (Phi) is 4.20. The van der Waals surface area contributed by atoms with E-state index in [0.717, 1.165) is 5.76 Å². The normalized spacial score (nSPS) is 11.2. The first kappa shape index (κ1) is 13.9. The molecule has 5 heteroatoms. The number of ether oxygens (including phenoxy) is 1. The van der Waals surface area contributed by atoms with E-state index in [1.54, 1.807) is 38.3 Å². The number of hydrogen-bond acceptors (Lipinski definition) is 4. The molecule has 2 rings (SSSR count).